The van der Waals surface area contributed by atoms with Crippen molar-refractivity contribution in [1.82, 2.24) is 0 Å². The van der Waals surface area contributed by atoms with Crippen LogP contribution >= 0.6 is 0 Å². The highest BCUT2D eigenvalue weighted by Gasteiger charge is 2.36. The van der Waals surface area contributed by atoms with Gasteiger partial charge in [0.05, 0.1) is 5.92 Å². The Morgan fingerprint density at radius 1 is 1.18 bits per heavy atom. The second-order valence-corrected chi connectivity index (χ2v) is 4.98. The lowest BCUT2D eigenvalue weighted by molar-refractivity contribution is -0.173. The summed E-state index contributed by atoms with van der Waals surface area (Å²) in [6.45, 7) is 5.13. The molecule has 1 rings (SSSR count). The molecule has 0 aliphatic carbocycles. The number of halogens is 3. The highest BCUT2D eigenvalue weighted by molar-refractivity contribution is 5.22. The first-order valence-corrected chi connectivity index (χ1v) is 5.91. The fourth-order valence-electron chi connectivity index (χ4n) is 2.06. The largest absolute Gasteiger partial charge is 0.391 e. The lowest BCUT2D eigenvalue weighted by Gasteiger charge is -2.20. The van der Waals surface area contributed by atoms with Crippen LogP contribution in [-0.4, -0.2) is 6.18 Å². The van der Waals surface area contributed by atoms with E-state index in [4.69, 9.17) is 0 Å². The number of hydrogen-bond acceptors (Lipinski definition) is 0. The third kappa shape index (κ3) is 4.80. The predicted molar refractivity (Wildman–Crippen MR) is 63.9 cm³/mol. The molecule has 0 aliphatic heterocycles. The van der Waals surface area contributed by atoms with Gasteiger partial charge in [-0.25, -0.2) is 0 Å². The molecule has 2 atom stereocenters. The van der Waals surface area contributed by atoms with E-state index in [1.165, 1.54) is 6.92 Å². The zero-order valence-corrected chi connectivity index (χ0v) is 10.5. The molecular formula is C14H19F3. The van der Waals surface area contributed by atoms with Gasteiger partial charge in [0, 0.05) is 0 Å². The Labute approximate surface area is 101 Å². The van der Waals surface area contributed by atoms with Gasteiger partial charge in [-0.1, -0.05) is 43.7 Å². The highest BCUT2D eigenvalue weighted by atomic mass is 19.4. The van der Waals surface area contributed by atoms with Gasteiger partial charge < -0.3 is 0 Å². The summed E-state index contributed by atoms with van der Waals surface area (Å²) in [6.07, 6.45) is -3.17. The summed E-state index contributed by atoms with van der Waals surface area (Å²) in [6, 6.07) is 7.95. The van der Waals surface area contributed by atoms with Crippen LogP contribution in [0.15, 0.2) is 24.3 Å². The van der Waals surface area contributed by atoms with Crippen LogP contribution in [0.3, 0.4) is 0 Å². The summed E-state index contributed by atoms with van der Waals surface area (Å²) in [5.41, 5.74) is 2.27. The van der Waals surface area contributed by atoms with Gasteiger partial charge >= 0.3 is 6.18 Å². The number of rotatable bonds is 4. The Kier molecular flexibility index (Phi) is 4.61. The average molecular weight is 244 g/mol. The molecule has 0 bridgehead atoms. The molecule has 0 aromatic heterocycles. The molecule has 3 heteroatoms. The van der Waals surface area contributed by atoms with E-state index in [9.17, 15) is 13.2 Å². The van der Waals surface area contributed by atoms with Crippen molar-refractivity contribution in [3.63, 3.8) is 0 Å². The molecule has 2 unspecified atom stereocenters. The van der Waals surface area contributed by atoms with E-state index in [0.717, 1.165) is 11.1 Å². The van der Waals surface area contributed by atoms with Crippen molar-refractivity contribution in [2.24, 2.45) is 11.8 Å². The molecule has 1 aromatic rings. The Morgan fingerprint density at radius 2 is 1.82 bits per heavy atom. The van der Waals surface area contributed by atoms with E-state index >= 15 is 0 Å². The van der Waals surface area contributed by atoms with Gasteiger partial charge in [-0.2, -0.15) is 13.2 Å². The molecule has 0 amide bonds. The van der Waals surface area contributed by atoms with Crippen LogP contribution in [0, 0.1) is 18.8 Å². The van der Waals surface area contributed by atoms with Crippen molar-refractivity contribution < 1.29 is 13.2 Å². The lowest BCUT2D eigenvalue weighted by atomic mass is 9.91. The van der Waals surface area contributed by atoms with Gasteiger partial charge in [0.2, 0.25) is 0 Å². The van der Waals surface area contributed by atoms with Gasteiger partial charge in [-0.15, -0.1) is 0 Å². The predicted octanol–water partition coefficient (Wildman–Crippen LogP) is 4.76. The Morgan fingerprint density at radius 3 is 2.35 bits per heavy atom. The smallest absolute Gasteiger partial charge is 0.171 e. The molecule has 0 nitrogen and oxygen atoms in total. The van der Waals surface area contributed by atoms with E-state index < -0.39 is 12.1 Å². The molecule has 0 saturated heterocycles. The molecule has 1 aromatic carbocycles. The maximum Gasteiger partial charge on any atom is 0.391 e. The Bertz CT molecular complexity index is 355. The standard InChI is InChI=1S/C14H19F3/c1-10-5-4-6-13(8-10)9-11(2)7-12(3)14(15,16)17/h4-6,8,11-12H,7,9H2,1-3H3. The third-order valence-corrected chi connectivity index (χ3v) is 2.98. The van der Waals surface area contributed by atoms with Gasteiger partial charge in [0.15, 0.2) is 0 Å². The first-order chi connectivity index (χ1) is 7.79. The average Bonchev–Trinajstić information content (AvgIpc) is 2.15. The molecule has 0 heterocycles. The summed E-state index contributed by atoms with van der Waals surface area (Å²) < 4.78 is 37.2. The normalized spacial score (nSPS) is 15.6. The fourth-order valence-corrected chi connectivity index (χ4v) is 2.06. The van der Waals surface area contributed by atoms with Crippen LogP contribution in [0.2, 0.25) is 0 Å². The monoisotopic (exact) mass is 244 g/mol. The summed E-state index contributed by atoms with van der Waals surface area (Å²) in [4.78, 5) is 0. The van der Waals surface area contributed by atoms with Crippen molar-refractivity contribution in [2.45, 2.75) is 39.8 Å². The summed E-state index contributed by atoms with van der Waals surface area (Å²) >= 11 is 0. The Hall–Kier alpha value is -0.990. The van der Waals surface area contributed by atoms with Crippen molar-refractivity contribution >= 4 is 0 Å². The first kappa shape index (κ1) is 14.1. The zero-order chi connectivity index (χ0) is 13.1. The van der Waals surface area contributed by atoms with Crippen molar-refractivity contribution in [3.8, 4) is 0 Å². The van der Waals surface area contributed by atoms with E-state index in [-0.39, 0.29) is 12.3 Å². The second kappa shape index (κ2) is 5.56. The van der Waals surface area contributed by atoms with Crippen LogP contribution < -0.4 is 0 Å². The maximum absolute atomic E-state index is 12.4. The molecule has 0 aliphatic rings. The highest BCUT2D eigenvalue weighted by Crippen LogP contribution is 2.31. The molecule has 0 N–H and O–H groups in total. The van der Waals surface area contributed by atoms with Gasteiger partial charge in [0.25, 0.3) is 0 Å². The van der Waals surface area contributed by atoms with Crippen molar-refractivity contribution in [3.05, 3.63) is 35.4 Å². The summed E-state index contributed by atoms with van der Waals surface area (Å²) in [5, 5.41) is 0. The van der Waals surface area contributed by atoms with Crippen LogP contribution in [0.1, 0.15) is 31.4 Å². The first-order valence-electron chi connectivity index (χ1n) is 5.91. The number of alkyl halides is 3. The van der Waals surface area contributed by atoms with Gasteiger partial charge in [-0.05, 0) is 31.2 Å². The van der Waals surface area contributed by atoms with Crippen molar-refractivity contribution in [2.75, 3.05) is 0 Å². The minimum atomic E-state index is -4.07. The summed E-state index contributed by atoms with van der Waals surface area (Å²) in [5.74, 6) is -1.17. The Balaban J connectivity index is 2.53. The van der Waals surface area contributed by atoms with Crippen LogP contribution in [-0.2, 0) is 6.42 Å². The SMILES string of the molecule is Cc1cccc(CC(C)CC(C)C(F)(F)F)c1. The molecule has 0 spiro atoms. The van der Waals surface area contributed by atoms with Gasteiger partial charge in [0.1, 0.15) is 0 Å². The van der Waals surface area contributed by atoms with E-state index in [1.807, 2.05) is 38.1 Å². The molecule has 0 fully saturated rings. The molecule has 0 radical (unpaired) electrons. The number of hydrogen-bond donors (Lipinski definition) is 0. The third-order valence-electron chi connectivity index (χ3n) is 2.98. The number of benzene rings is 1. The fraction of sp³-hybridized carbons (Fsp3) is 0.571. The van der Waals surface area contributed by atoms with E-state index in [2.05, 4.69) is 0 Å². The molecular weight excluding hydrogens is 225 g/mol. The van der Waals surface area contributed by atoms with Gasteiger partial charge in [-0.3, -0.25) is 0 Å². The zero-order valence-electron chi connectivity index (χ0n) is 10.5. The van der Waals surface area contributed by atoms with Crippen LogP contribution in [0.5, 0.6) is 0 Å². The van der Waals surface area contributed by atoms with Crippen LogP contribution in [0.25, 0.3) is 0 Å². The molecule has 0 saturated carbocycles. The summed E-state index contributed by atoms with van der Waals surface area (Å²) in [7, 11) is 0. The van der Waals surface area contributed by atoms with Crippen LogP contribution in [0.4, 0.5) is 13.2 Å². The molecule has 96 valence electrons. The number of aryl methyl sites for hydroxylation is 1. The molecule has 17 heavy (non-hydrogen) atoms. The quantitative estimate of drug-likeness (QED) is 0.716. The minimum Gasteiger partial charge on any atom is -0.171 e. The van der Waals surface area contributed by atoms with E-state index in [0.29, 0.717) is 6.42 Å². The maximum atomic E-state index is 12.4. The lowest BCUT2D eigenvalue weighted by Crippen LogP contribution is -2.22. The minimum absolute atomic E-state index is 0.0495. The topological polar surface area (TPSA) is 0 Å². The van der Waals surface area contributed by atoms with Crippen molar-refractivity contribution in [1.29, 1.82) is 0 Å². The second-order valence-electron chi connectivity index (χ2n) is 4.98. The van der Waals surface area contributed by atoms with E-state index in [1.54, 1.807) is 0 Å².